The number of rotatable bonds is 2. The molecule has 1 aliphatic rings. The third-order valence-electron chi connectivity index (χ3n) is 4.10. The number of ether oxygens (including phenoxy) is 1. The second kappa shape index (κ2) is 5.46. The second-order valence-corrected chi connectivity index (χ2v) is 7.61. The zero-order chi connectivity index (χ0) is 16.0. The summed E-state index contributed by atoms with van der Waals surface area (Å²) in [6.07, 6.45) is 0. The summed E-state index contributed by atoms with van der Waals surface area (Å²) < 4.78 is 5.02. The van der Waals surface area contributed by atoms with Gasteiger partial charge in [-0.2, -0.15) is 0 Å². The average Bonchev–Trinajstić information content (AvgIpc) is 2.87. The molecule has 0 N–H and O–H groups in total. The van der Waals surface area contributed by atoms with Crippen LogP contribution in [0.15, 0.2) is 66.7 Å². The van der Waals surface area contributed by atoms with Gasteiger partial charge in [-0.1, -0.05) is 76.6 Å². The van der Waals surface area contributed by atoms with Gasteiger partial charge in [-0.3, -0.25) is 4.79 Å². The van der Waals surface area contributed by atoms with E-state index in [4.69, 9.17) is 4.74 Å². The van der Waals surface area contributed by atoms with Crippen molar-refractivity contribution in [1.29, 1.82) is 0 Å². The van der Waals surface area contributed by atoms with Gasteiger partial charge in [0.25, 0.3) is 0 Å². The molecule has 114 valence electrons. The van der Waals surface area contributed by atoms with Crippen molar-refractivity contribution in [3.63, 3.8) is 0 Å². The van der Waals surface area contributed by atoms with E-state index >= 15 is 0 Å². The van der Waals surface area contributed by atoms with Crippen LogP contribution in [0.5, 0.6) is 5.75 Å². The highest BCUT2D eigenvalue weighted by Gasteiger charge is 2.52. The van der Waals surface area contributed by atoms with Gasteiger partial charge in [-0.15, -0.1) is 0 Å². The van der Waals surface area contributed by atoms with Crippen LogP contribution in [0.25, 0.3) is 10.8 Å². The molecule has 3 aromatic carbocycles. The summed E-state index contributed by atoms with van der Waals surface area (Å²) in [7, 11) is 0. The predicted molar refractivity (Wildman–Crippen MR) is 98.7 cm³/mol. The average molecular weight is 432 g/mol. The van der Waals surface area contributed by atoms with Gasteiger partial charge in [0.1, 0.15) is 5.75 Å². The van der Waals surface area contributed by atoms with Crippen LogP contribution in [0.3, 0.4) is 0 Å². The third-order valence-corrected chi connectivity index (χ3v) is 6.87. The highest BCUT2D eigenvalue weighted by Crippen LogP contribution is 2.51. The molecule has 23 heavy (non-hydrogen) atoms. The standard InChI is InChI=1S/C19H12Br2O2/c20-17(13-7-2-1-3-8-13)19(21)18(22)15-11-10-12-6-4-5-9-14(12)16(15)23-19/h1-11,17H. The number of alkyl halides is 2. The van der Waals surface area contributed by atoms with Crippen molar-refractivity contribution in [1.82, 2.24) is 0 Å². The van der Waals surface area contributed by atoms with Crippen LogP contribution in [0, 0.1) is 0 Å². The number of hydrogen-bond acceptors (Lipinski definition) is 2. The van der Waals surface area contributed by atoms with E-state index in [1.807, 2.05) is 66.7 Å². The topological polar surface area (TPSA) is 26.3 Å². The first-order valence-corrected chi connectivity index (χ1v) is 8.95. The summed E-state index contributed by atoms with van der Waals surface area (Å²) in [4.78, 5) is 12.7. The Morgan fingerprint density at radius 1 is 0.913 bits per heavy atom. The van der Waals surface area contributed by atoms with Crippen molar-refractivity contribution in [2.24, 2.45) is 0 Å². The highest BCUT2D eigenvalue weighted by molar-refractivity contribution is 9.12. The van der Waals surface area contributed by atoms with Gasteiger partial charge in [-0.05, 0) is 32.9 Å². The minimum atomic E-state index is -1.14. The third kappa shape index (κ3) is 2.24. The lowest BCUT2D eigenvalue weighted by atomic mass is 10.00. The monoisotopic (exact) mass is 430 g/mol. The van der Waals surface area contributed by atoms with Crippen molar-refractivity contribution >= 4 is 48.4 Å². The van der Waals surface area contributed by atoms with Crippen LogP contribution in [0.4, 0.5) is 0 Å². The van der Waals surface area contributed by atoms with Gasteiger partial charge < -0.3 is 4.74 Å². The van der Waals surface area contributed by atoms with E-state index < -0.39 is 4.51 Å². The predicted octanol–water partition coefficient (Wildman–Crippen LogP) is 5.64. The molecule has 1 heterocycles. The number of carbonyl (C=O) groups excluding carboxylic acids is 1. The summed E-state index contributed by atoms with van der Waals surface area (Å²) in [5.74, 6) is 0.578. The Hall–Kier alpha value is -1.65. The minimum Gasteiger partial charge on any atom is -0.465 e. The molecule has 0 amide bonds. The molecule has 0 fully saturated rings. The van der Waals surface area contributed by atoms with E-state index in [2.05, 4.69) is 31.9 Å². The van der Waals surface area contributed by atoms with Crippen LogP contribution < -0.4 is 4.74 Å². The van der Waals surface area contributed by atoms with Crippen LogP contribution in [0.1, 0.15) is 20.7 Å². The number of hydrogen-bond donors (Lipinski definition) is 0. The minimum absolute atomic E-state index is 0.0658. The molecule has 4 rings (SSSR count). The van der Waals surface area contributed by atoms with E-state index in [1.54, 1.807) is 0 Å². The highest BCUT2D eigenvalue weighted by atomic mass is 79.9. The molecule has 0 saturated carbocycles. The van der Waals surface area contributed by atoms with E-state index in [0.29, 0.717) is 11.3 Å². The molecule has 2 nitrogen and oxygen atoms in total. The molecule has 0 radical (unpaired) electrons. The molecule has 1 aliphatic heterocycles. The number of benzene rings is 3. The first kappa shape index (κ1) is 14.9. The van der Waals surface area contributed by atoms with Gasteiger partial charge in [0, 0.05) is 5.39 Å². The quantitative estimate of drug-likeness (QED) is 0.490. The first-order valence-electron chi connectivity index (χ1n) is 7.25. The number of Topliss-reactive ketones (excluding diaryl/α,β-unsaturated/α-hetero) is 1. The fourth-order valence-corrected chi connectivity index (χ4v) is 4.16. The van der Waals surface area contributed by atoms with Crippen LogP contribution >= 0.6 is 31.9 Å². The van der Waals surface area contributed by atoms with Crippen LogP contribution in [0.2, 0.25) is 0 Å². The van der Waals surface area contributed by atoms with E-state index in [0.717, 1.165) is 16.3 Å². The van der Waals surface area contributed by atoms with Gasteiger partial charge in [0.05, 0.1) is 10.4 Å². The lowest BCUT2D eigenvalue weighted by Gasteiger charge is -2.26. The summed E-state index contributed by atoms with van der Waals surface area (Å²) >= 11 is 7.20. The molecule has 0 spiro atoms. The maximum absolute atomic E-state index is 13.0. The molecule has 0 aliphatic carbocycles. The zero-order valence-corrected chi connectivity index (χ0v) is 15.2. The maximum Gasteiger partial charge on any atom is 0.242 e. The Balaban J connectivity index is 1.84. The van der Waals surface area contributed by atoms with Gasteiger partial charge >= 0.3 is 0 Å². The van der Waals surface area contributed by atoms with E-state index in [1.165, 1.54) is 0 Å². The van der Waals surface area contributed by atoms with Gasteiger partial charge in [0.15, 0.2) is 0 Å². The number of ketones is 1. The Bertz CT molecular complexity index is 908. The molecule has 2 atom stereocenters. The van der Waals surface area contributed by atoms with Gasteiger partial charge in [0.2, 0.25) is 10.3 Å². The lowest BCUT2D eigenvalue weighted by Crippen LogP contribution is -2.37. The summed E-state index contributed by atoms with van der Waals surface area (Å²) in [5.41, 5.74) is 1.59. The summed E-state index contributed by atoms with van der Waals surface area (Å²) in [5, 5.41) is 2.01. The molecular formula is C19H12Br2O2. The van der Waals surface area contributed by atoms with Crippen LogP contribution in [-0.4, -0.2) is 10.3 Å². The molecular weight excluding hydrogens is 420 g/mol. The summed E-state index contributed by atoms with van der Waals surface area (Å²) in [6, 6.07) is 21.5. The fourth-order valence-electron chi connectivity index (χ4n) is 2.91. The van der Waals surface area contributed by atoms with Crippen molar-refractivity contribution in [3.05, 3.63) is 77.9 Å². The number of fused-ring (bicyclic) bond motifs is 3. The van der Waals surface area contributed by atoms with Gasteiger partial charge in [-0.25, -0.2) is 0 Å². The molecule has 2 unspecified atom stereocenters. The molecule has 0 bridgehead atoms. The van der Waals surface area contributed by atoms with E-state index in [-0.39, 0.29) is 10.6 Å². The van der Waals surface area contributed by atoms with E-state index in [9.17, 15) is 4.79 Å². The summed E-state index contributed by atoms with van der Waals surface area (Å²) in [6.45, 7) is 0. The molecule has 3 aromatic rings. The Morgan fingerprint density at radius 2 is 1.61 bits per heavy atom. The number of carbonyl (C=O) groups is 1. The SMILES string of the molecule is O=C1c2ccc3ccccc3c2OC1(Br)C(Br)c1ccccc1. The number of halogens is 2. The Labute approximate surface area is 150 Å². The largest absolute Gasteiger partial charge is 0.465 e. The normalized spacial score (nSPS) is 21.0. The molecule has 0 saturated heterocycles. The van der Waals surface area contributed by atoms with Crippen molar-refractivity contribution in [2.75, 3.05) is 0 Å². The zero-order valence-electron chi connectivity index (χ0n) is 12.0. The van der Waals surface area contributed by atoms with Crippen molar-refractivity contribution < 1.29 is 9.53 Å². The second-order valence-electron chi connectivity index (χ2n) is 5.51. The lowest BCUT2D eigenvalue weighted by molar-refractivity contribution is 0.0816. The Morgan fingerprint density at radius 3 is 2.39 bits per heavy atom. The fraction of sp³-hybridized carbons (Fsp3) is 0.105. The smallest absolute Gasteiger partial charge is 0.242 e. The molecule has 4 heteroatoms. The van der Waals surface area contributed by atoms with Crippen molar-refractivity contribution in [2.45, 2.75) is 9.34 Å². The Kier molecular flexibility index (Phi) is 3.54. The maximum atomic E-state index is 13.0. The van der Waals surface area contributed by atoms with Crippen molar-refractivity contribution in [3.8, 4) is 5.75 Å². The molecule has 0 aromatic heterocycles. The van der Waals surface area contributed by atoms with Crippen LogP contribution in [-0.2, 0) is 0 Å². The first-order chi connectivity index (χ1) is 11.1.